The molecule has 1 aliphatic rings. The van der Waals surface area contributed by atoms with E-state index in [9.17, 15) is 0 Å². The number of ether oxygens (including phenoxy) is 2. The van der Waals surface area contributed by atoms with Crippen LogP contribution in [0.15, 0.2) is 48.5 Å². The maximum Gasteiger partial charge on any atom is 0.161 e. The van der Waals surface area contributed by atoms with Crippen molar-refractivity contribution in [3.63, 3.8) is 0 Å². The topological polar surface area (TPSA) is 21.7 Å². The maximum absolute atomic E-state index is 5.62. The monoisotopic (exact) mass is 299 g/mol. The molecule has 0 aromatic heterocycles. The number of hydrogen-bond acceptors (Lipinski definition) is 3. The van der Waals surface area contributed by atoms with Gasteiger partial charge in [-0.3, -0.25) is 4.90 Å². The van der Waals surface area contributed by atoms with Gasteiger partial charge in [0.15, 0.2) is 11.5 Å². The van der Waals surface area contributed by atoms with Gasteiger partial charge < -0.3 is 9.47 Å². The van der Waals surface area contributed by atoms with Gasteiger partial charge >= 0.3 is 0 Å². The van der Waals surface area contributed by atoms with Crippen molar-refractivity contribution in [1.29, 1.82) is 0 Å². The highest BCUT2D eigenvalue weighted by molar-refractivity contribution is 5.43. The van der Waals surface area contributed by atoms with Crippen molar-refractivity contribution in [1.82, 2.24) is 4.90 Å². The molecular formula is C19H25NO2. The van der Waals surface area contributed by atoms with Crippen LogP contribution in [0.25, 0.3) is 0 Å². The zero-order valence-corrected chi connectivity index (χ0v) is 13.7. The Hall–Kier alpha value is -2.00. The first-order chi connectivity index (χ1) is 10.8. The Bertz CT molecular complexity index is 569. The minimum absolute atomic E-state index is 0.635. The molecule has 0 N–H and O–H groups in total. The van der Waals surface area contributed by atoms with Crippen LogP contribution in [0.1, 0.15) is 25.0 Å². The van der Waals surface area contributed by atoms with Crippen LogP contribution < -0.4 is 9.47 Å². The highest BCUT2D eigenvalue weighted by atomic mass is 16.6. The standard InChI is InChI=1S/C17H19NO2.C2H6/c1-18(12-14-5-3-2-4-6-14)13-15-7-8-16-17(11-15)20-10-9-19-16;1-2/h2-8,11H,9-10,12-13H2,1H3;1-2H3. The number of fused-ring (bicyclic) bond motifs is 1. The first-order valence-electron chi connectivity index (χ1n) is 7.92. The van der Waals surface area contributed by atoms with Gasteiger partial charge in [-0.2, -0.15) is 0 Å². The smallest absolute Gasteiger partial charge is 0.161 e. The molecule has 0 atom stereocenters. The second kappa shape index (κ2) is 8.44. The van der Waals surface area contributed by atoms with Crippen LogP contribution in [0.4, 0.5) is 0 Å². The van der Waals surface area contributed by atoms with Gasteiger partial charge in [-0.15, -0.1) is 0 Å². The van der Waals surface area contributed by atoms with E-state index in [1.165, 1.54) is 11.1 Å². The molecule has 0 bridgehead atoms. The SMILES string of the molecule is CC.CN(Cc1ccccc1)Cc1ccc2c(c1)OCCO2. The first-order valence-corrected chi connectivity index (χ1v) is 7.92. The molecule has 1 aliphatic heterocycles. The molecule has 22 heavy (non-hydrogen) atoms. The Labute approximate surface area is 133 Å². The van der Waals surface area contributed by atoms with Gasteiger partial charge in [0.1, 0.15) is 13.2 Å². The van der Waals surface area contributed by atoms with Crippen molar-refractivity contribution in [3.05, 3.63) is 59.7 Å². The molecule has 0 unspecified atom stereocenters. The number of rotatable bonds is 4. The second-order valence-electron chi connectivity index (χ2n) is 5.14. The summed E-state index contributed by atoms with van der Waals surface area (Å²) in [6, 6.07) is 16.7. The lowest BCUT2D eigenvalue weighted by atomic mass is 10.1. The van der Waals surface area contributed by atoms with E-state index >= 15 is 0 Å². The van der Waals surface area contributed by atoms with Crippen LogP contribution >= 0.6 is 0 Å². The number of benzene rings is 2. The van der Waals surface area contributed by atoms with Crippen LogP contribution in [0.2, 0.25) is 0 Å². The zero-order valence-electron chi connectivity index (χ0n) is 13.7. The van der Waals surface area contributed by atoms with Gasteiger partial charge in [-0.25, -0.2) is 0 Å². The summed E-state index contributed by atoms with van der Waals surface area (Å²) in [7, 11) is 2.13. The minimum atomic E-state index is 0.635. The van der Waals surface area contributed by atoms with E-state index in [4.69, 9.17) is 9.47 Å². The summed E-state index contributed by atoms with van der Waals surface area (Å²) in [4.78, 5) is 2.29. The van der Waals surface area contributed by atoms with Gasteiger partial charge in [0.05, 0.1) is 0 Å². The van der Waals surface area contributed by atoms with E-state index in [2.05, 4.69) is 48.3 Å². The Balaban J connectivity index is 0.000000847. The van der Waals surface area contributed by atoms with Gasteiger partial charge in [0, 0.05) is 13.1 Å². The van der Waals surface area contributed by atoms with Gasteiger partial charge in [-0.05, 0) is 30.3 Å². The fourth-order valence-corrected chi connectivity index (χ4v) is 2.45. The van der Waals surface area contributed by atoms with Crippen molar-refractivity contribution in [2.75, 3.05) is 20.3 Å². The van der Waals surface area contributed by atoms with Gasteiger partial charge in [0.25, 0.3) is 0 Å². The number of hydrogen-bond donors (Lipinski definition) is 0. The predicted molar refractivity (Wildman–Crippen MR) is 90.4 cm³/mol. The van der Waals surface area contributed by atoms with E-state index in [1.807, 2.05) is 26.0 Å². The fraction of sp³-hybridized carbons (Fsp3) is 0.368. The van der Waals surface area contributed by atoms with Crippen molar-refractivity contribution >= 4 is 0 Å². The molecule has 2 aromatic carbocycles. The van der Waals surface area contributed by atoms with Gasteiger partial charge in [0.2, 0.25) is 0 Å². The van der Waals surface area contributed by atoms with Gasteiger partial charge in [-0.1, -0.05) is 50.2 Å². The molecule has 0 saturated carbocycles. The Morgan fingerprint density at radius 2 is 1.45 bits per heavy atom. The molecule has 0 saturated heterocycles. The molecule has 0 fully saturated rings. The predicted octanol–water partition coefficient (Wildman–Crippen LogP) is 4.12. The molecule has 118 valence electrons. The molecule has 0 radical (unpaired) electrons. The lowest BCUT2D eigenvalue weighted by molar-refractivity contribution is 0.171. The molecule has 0 spiro atoms. The summed E-state index contributed by atoms with van der Waals surface area (Å²) in [6.07, 6.45) is 0. The summed E-state index contributed by atoms with van der Waals surface area (Å²) in [5.74, 6) is 1.72. The van der Waals surface area contributed by atoms with Crippen molar-refractivity contribution in [2.45, 2.75) is 26.9 Å². The molecule has 0 aliphatic carbocycles. The lowest BCUT2D eigenvalue weighted by Gasteiger charge is -2.21. The van der Waals surface area contributed by atoms with Crippen molar-refractivity contribution in [2.24, 2.45) is 0 Å². The summed E-state index contributed by atoms with van der Waals surface area (Å²) >= 11 is 0. The van der Waals surface area contributed by atoms with Crippen LogP contribution in [0, 0.1) is 0 Å². The van der Waals surface area contributed by atoms with Crippen LogP contribution in [-0.4, -0.2) is 25.2 Å². The van der Waals surface area contributed by atoms with E-state index < -0.39 is 0 Å². The third-order valence-corrected chi connectivity index (χ3v) is 3.35. The lowest BCUT2D eigenvalue weighted by Crippen LogP contribution is -2.18. The summed E-state index contributed by atoms with van der Waals surface area (Å²) in [6.45, 7) is 7.11. The quantitative estimate of drug-likeness (QED) is 0.848. The Morgan fingerprint density at radius 3 is 2.18 bits per heavy atom. The third kappa shape index (κ3) is 4.50. The number of nitrogens with zero attached hydrogens (tertiary/aromatic N) is 1. The van der Waals surface area contributed by atoms with E-state index in [-0.39, 0.29) is 0 Å². The molecule has 2 aromatic rings. The molecule has 3 nitrogen and oxygen atoms in total. The van der Waals surface area contributed by atoms with E-state index in [0.717, 1.165) is 24.6 Å². The second-order valence-corrected chi connectivity index (χ2v) is 5.14. The highest BCUT2D eigenvalue weighted by Gasteiger charge is 2.12. The van der Waals surface area contributed by atoms with Crippen LogP contribution in [0.5, 0.6) is 11.5 Å². The zero-order chi connectivity index (χ0) is 15.8. The van der Waals surface area contributed by atoms with Crippen LogP contribution in [0.3, 0.4) is 0 Å². The Kier molecular flexibility index (Phi) is 6.28. The summed E-state index contributed by atoms with van der Waals surface area (Å²) in [5, 5.41) is 0. The maximum atomic E-state index is 5.62. The van der Waals surface area contributed by atoms with Crippen molar-refractivity contribution < 1.29 is 9.47 Å². The van der Waals surface area contributed by atoms with E-state index in [1.54, 1.807) is 0 Å². The normalized spacial score (nSPS) is 12.5. The minimum Gasteiger partial charge on any atom is -0.486 e. The molecular weight excluding hydrogens is 274 g/mol. The first kappa shape index (κ1) is 16.4. The average molecular weight is 299 g/mol. The van der Waals surface area contributed by atoms with E-state index in [0.29, 0.717) is 13.2 Å². The molecule has 3 rings (SSSR count). The summed E-state index contributed by atoms with van der Waals surface area (Å²) in [5.41, 5.74) is 2.57. The largest absolute Gasteiger partial charge is 0.486 e. The highest BCUT2D eigenvalue weighted by Crippen LogP contribution is 2.31. The third-order valence-electron chi connectivity index (χ3n) is 3.35. The summed E-state index contributed by atoms with van der Waals surface area (Å²) < 4.78 is 11.2. The Morgan fingerprint density at radius 1 is 0.818 bits per heavy atom. The van der Waals surface area contributed by atoms with Crippen LogP contribution in [-0.2, 0) is 13.1 Å². The fourth-order valence-electron chi connectivity index (χ4n) is 2.45. The molecule has 3 heteroatoms. The molecule has 1 heterocycles. The average Bonchev–Trinajstić information content (AvgIpc) is 2.57. The van der Waals surface area contributed by atoms with Crippen molar-refractivity contribution in [3.8, 4) is 11.5 Å². The molecule has 0 amide bonds.